The molecule has 1 N–H and O–H groups in total. The van der Waals surface area contributed by atoms with Crippen LogP contribution in [0.1, 0.15) is 10.4 Å². The molecule has 158 valence electrons. The van der Waals surface area contributed by atoms with Gasteiger partial charge in [-0.25, -0.2) is 0 Å². The third kappa shape index (κ3) is 4.07. The van der Waals surface area contributed by atoms with Crippen molar-refractivity contribution in [1.29, 1.82) is 0 Å². The van der Waals surface area contributed by atoms with Crippen LogP contribution in [0.4, 0.5) is 17.3 Å². The van der Waals surface area contributed by atoms with E-state index in [0.717, 1.165) is 11.5 Å². The molecular weight excluding hydrogens is 396 g/mol. The Bertz CT molecular complexity index is 1050. The van der Waals surface area contributed by atoms with E-state index in [1.807, 2.05) is 41.3 Å². The maximum atomic E-state index is 13.1. The predicted octanol–water partition coefficient (Wildman–Crippen LogP) is 2.35. The summed E-state index contributed by atoms with van der Waals surface area (Å²) in [6, 6.07) is 13.0. The molecule has 0 saturated carbocycles. The summed E-state index contributed by atoms with van der Waals surface area (Å²) in [6.07, 6.45) is 3.44. The number of rotatable bonds is 4. The number of aromatic nitrogens is 3. The number of hydrogen-bond donors (Lipinski definition) is 1. The van der Waals surface area contributed by atoms with Gasteiger partial charge in [0.05, 0.1) is 5.56 Å². The summed E-state index contributed by atoms with van der Waals surface area (Å²) in [5.41, 5.74) is 1.46. The average molecular weight is 418 g/mol. The lowest BCUT2D eigenvalue weighted by Gasteiger charge is -2.35. The number of anilines is 3. The SMILES string of the molecule is O=C(c1cccc2c1OCCO2)N1CCN(c2ccc(Nc3ccncc3)nn2)CC1. The Morgan fingerprint density at radius 3 is 2.48 bits per heavy atom. The summed E-state index contributed by atoms with van der Waals surface area (Å²) < 4.78 is 11.3. The van der Waals surface area contributed by atoms with E-state index in [1.165, 1.54) is 0 Å². The third-order valence-corrected chi connectivity index (χ3v) is 5.29. The van der Waals surface area contributed by atoms with E-state index in [2.05, 4.69) is 25.4 Å². The molecule has 1 fully saturated rings. The van der Waals surface area contributed by atoms with Gasteiger partial charge in [0.25, 0.3) is 5.91 Å². The van der Waals surface area contributed by atoms with E-state index in [0.29, 0.717) is 62.3 Å². The number of nitrogens with zero attached hydrogens (tertiary/aromatic N) is 5. The lowest BCUT2D eigenvalue weighted by atomic mass is 10.1. The Balaban J connectivity index is 1.21. The summed E-state index contributed by atoms with van der Waals surface area (Å²) in [4.78, 5) is 21.0. The van der Waals surface area contributed by atoms with Crippen molar-refractivity contribution >= 4 is 23.2 Å². The van der Waals surface area contributed by atoms with Gasteiger partial charge in [-0.3, -0.25) is 9.78 Å². The van der Waals surface area contributed by atoms with Crippen molar-refractivity contribution in [2.45, 2.75) is 0 Å². The van der Waals surface area contributed by atoms with Crippen LogP contribution in [0.5, 0.6) is 11.5 Å². The molecule has 2 aliphatic rings. The largest absolute Gasteiger partial charge is 0.486 e. The molecule has 0 radical (unpaired) electrons. The first kappa shape index (κ1) is 19.1. The van der Waals surface area contributed by atoms with Crippen molar-refractivity contribution in [2.24, 2.45) is 0 Å². The van der Waals surface area contributed by atoms with Crippen molar-refractivity contribution in [1.82, 2.24) is 20.1 Å². The normalized spacial score (nSPS) is 15.5. The third-order valence-electron chi connectivity index (χ3n) is 5.29. The highest BCUT2D eigenvalue weighted by molar-refractivity contribution is 5.98. The molecule has 2 aliphatic heterocycles. The van der Waals surface area contributed by atoms with Gasteiger partial charge in [-0.05, 0) is 36.4 Å². The van der Waals surface area contributed by atoms with Crippen LogP contribution in [0.15, 0.2) is 54.9 Å². The fraction of sp³-hybridized carbons (Fsp3) is 0.273. The fourth-order valence-electron chi connectivity index (χ4n) is 3.69. The Hall–Kier alpha value is -3.88. The quantitative estimate of drug-likeness (QED) is 0.690. The van der Waals surface area contributed by atoms with Gasteiger partial charge in [0.15, 0.2) is 23.1 Å². The lowest BCUT2D eigenvalue weighted by molar-refractivity contribution is 0.0736. The first-order valence-corrected chi connectivity index (χ1v) is 10.2. The Kier molecular flexibility index (Phi) is 5.22. The second-order valence-electron chi connectivity index (χ2n) is 7.25. The second-order valence-corrected chi connectivity index (χ2v) is 7.25. The second kappa shape index (κ2) is 8.47. The maximum Gasteiger partial charge on any atom is 0.257 e. The zero-order valence-corrected chi connectivity index (χ0v) is 16.9. The van der Waals surface area contributed by atoms with E-state index in [9.17, 15) is 4.79 Å². The standard InChI is InChI=1S/C22H22N6O3/c29-22(17-2-1-3-18-21(17)31-15-14-30-18)28-12-10-27(11-13-28)20-5-4-19(25-26-20)24-16-6-8-23-9-7-16/h1-9H,10-15H2,(H,23,24,25). The molecule has 1 saturated heterocycles. The molecule has 4 heterocycles. The summed E-state index contributed by atoms with van der Waals surface area (Å²) in [7, 11) is 0. The molecule has 0 aliphatic carbocycles. The minimum Gasteiger partial charge on any atom is -0.486 e. The number of amides is 1. The lowest BCUT2D eigenvalue weighted by Crippen LogP contribution is -2.49. The Labute approximate surface area is 179 Å². The minimum atomic E-state index is -0.0371. The monoisotopic (exact) mass is 418 g/mol. The zero-order valence-electron chi connectivity index (χ0n) is 16.9. The highest BCUT2D eigenvalue weighted by Gasteiger charge is 2.27. The van der Waals surface area contributed by atoms with E-state index in [4.69, 9.17) is 9.47 Å². The molecular formula is C22H22N6O3. The number of para-hydroxylation sites is 1. The summed E-state index contributed by atoms with van der Waals surface area (Å²) >= 11 is 0. The molecule has 9 nitrogen and oxygen atoms in total. The van der Waals surface area contributed by atoms with Gasteiger partial charge in [0, 0.05) is 44.3 Å². The number of carbonyl (C=O) groups excluding carboxylic acids is 1. The number of nitrogens with one attached hydrogen (secondary N) is 1. The van der Waals surface area contributed by atoms with Crippen LogP contribution in [0.3, 0.4) is 0 Å². The Morgan fingerprint density at radius 2 is 1.71 bits per heavy atom. The molecule has 1 aromatic carbocycles. The molecule has 5 rings (SSSR count). The van der Waals surface area contributed by atoms with Crippen molar-refractivity contribution in [2.75, 3.05) is 49.6 Å². The number of ether oxygens (including phenoxy) is 2. The molecule has 0 atom stereocenters. The molecule has 0 spiro atoms. The molecule has 2 aromatic heterocycles. The van der Waals surface area contributed by atoms with Crippen molar-refractivity contribution < 1.29 is 14.3 Å². The van der Waals surface area contributed by atoms with Crippen LogP contribution in [0.2, 0.25) is 0 Å². The van der Waals surface area contributed by atoms with Gasteiger partial charge in [0.2, 0.25) is 0 Å². The number of benzene rings is 1. The highest BCUT2D eigenvalue weighted by Crippen LogP contribution is 2.34. The van der Waals surface area contributed by atoms with Gasteiger partial charge in [-0.1, -0.05) is 6.07 Å². The van der Waals surface area contributed by atoms with Gasteiger partial charge in [0.1, 0.15) is 13.2 Å². The summed E-state index contributed by atoms with van der Waals surface area (Å²) in [6.45, 7) is 3.52. The molecule has 1 amide bonds. The number of fused-ring (bicyclic) bond motifs is 1. The number of piperazine rings is 1. The molecule has 0 unspecified atom stereocenters. The van der Waals surface area contributed by atoms with Gasteiger partial charge in [-0.2, -0.15) is 0 Å². The highest BCUT2D eigenvalue weighted by atomic mass is 16.6. The summed E-state index contributed by atoms with van der Waals surface area (Å²) in [5.74, 6) is 2.60. The van der Waals surface area contributed by atoms with Crippen molar-refractivity contribution in [3.63, 3.8) is 0 Å². The zero-order chi connectivity index (χ0) is 21.0. The first-order valence-electron chi connectivity index (χ1n) is 10.2. The van der Waals surface area contributed by atoms with E-state index < -0.39 is 0 Å². The first-order chi connectivity index (χ1) is 15.3. The van der Waals surface area contributed by atoms with Crippen LogP contribution in [0, 0.1) is 0 Å². The van der Waals surface area contributed by atoms with Gasteiger partial charge >= 0.3 is 0 Å². The fourth-order valence-corrected chi connectivity index (χ4v) is 3.69. The van der Waals surface area contributed by atoms with Crippen LogP contribution in [-0.4, -0.2) is 65.4 Å². The number of pyridine rings is 1. The number of hydrogen-bond acceptors (Lipinski definition) is 8. The molecule has 0 bridgehead atoms. The maximum absolute atomic E-state index is 13.1. The van der Waals surface area contributed by atoms with E-state index >= 15 is 0 Å². The van der Waals surface area contributed by atoms with Crippen LogP contribution in [0.25, 0.3) is 0 Å². The Morgan fingerprint density at radius 1 is 0.903 bits per heavy atom. The average Bonchev–Trinajstić information content (AvgIpc) is 2.84. The van der Waals surface area contributed by atoms with Crippen molar-refractivity contribution in [3.8, 4) is 11.5 Å². The number of carbonyl (C=O) groups is 1. The minimum absolute atomic E-state index is 0.0371. The van der Waals surface area contributed by atoms with E-state index in [1.54, 1.807) is 18.5 Å². The predicted molar refractivity (Wildman–Crippen MR) is 115 cm³/mol. The van der Waals surface area contributed by atoms with E-state index in [-0.39, 0.29) is 5.91 Å². The van der Waals surface area contributed by atoms with Gasteiger partial charge in [-0.15, -0.1) is 10.2 Å². The molecule has 9 heteroatoms. The van der Waals surface area contributed by atoms with Crippen LogP contribution < -0.4 is 19.7 Å². The topological polar surface area (TPSA) is 92.7 Å². The molecule has 31 heavy (non-hydrogen) atoms. The van der Waals surface area contributed by atoms with Crippen molar-refractivity contribution in [3.05, 3.63) is 60.4 Å². The van der Waals surface area contributed by atoms with Crippen LogP contribution >= 0.6 is 0 Å². The smallest absolute Gasteiger partial charge is 0.257 e. The summed E-state index contributed by atoms with van der Waals surface area (Å²) in [5, 5.41) is 11.8. The van der Waals surface area contributed by atoms with Gasteiger partial charge < -0.3 is 24.6 Å². The van der Waals surface area contributed by atoms with Crippen LogP contribution in [-0.2, 0) is 0 Å². The molecule has 3 aromatic rings.